The van der Waals surface area contributed by atoms with Crippen molar-refractivity contribution in [2.24, 2.45) is 5.73 Å². The van der Waals surface area contributed by atoms with Gasteiger partial charge in [0, 0.05) is 29.6 Å². The Labute approximate surface area is 144 Å². The van der Waals surface area contributed by atoms with Gasteiger partial charge in [-0.05, 0) is 12.1 Å². The molecule has 0 spiro atoms. The van der Waals surface area contributed by atoms with E-state index in [0.29, 0.717) is 11.1 Å². The molecule has 0 aliphatic carbocycles. The fraction of sp³-hybridized carbons (Fsp3) is 0.0556. The molecule has 122 valence electrons. The summed E-state index contributed by atoms with van der Waals surface area (Å²) < 4.78 is 0. The van der Waals surface area contributed by atoms with Gasteiger partial charge in [-0.15, -0.1) is 11.3 Å². The number of rotatable bonds is 4. The number of carbonyl (C=O) groups excluding carboxylic acids is 2. The van der Waals surface area contributed by atoms with E-state index in [0.717, 1.165) is 10.8 Å². The summed E-state index contributed by atoms with van der Waals surface area (Å²) in [5.74, 6) is -0.328. The molecule has 0 unspecified atom stereocenters. The van der Waals surface area contributed by atoms with Crippen LogP contribution in [-0.4, -0.2) is 16.7 Å². The predicted octanol–water partition coefficient (Wildman–Crippen LogP) is 3.61. The van der Waals surface area contributed by atoms with Gasteiger partial charge in [0.15, 0.2) is 10.9 Å². The summed E-state index contributed by atoms with van der Waals surface area (Å²) in [6.45, 7) is 1.31. The third kappa shape index (κ3) is 5.03. The minimum atomic E-state index is -0.333. The minimum absolute atomic E-state index is 0.00487. The third-order valence-electron chi connectivity index (χ3n) is 2.88. The van der Waals surface area contributed by atoms with Crippen LogP contribution >= 0.6 is 11.3 Å². The second-order valence-corrected chi connectivity index (χ2v) is 5.71. The maximum absolute atomic E-state index is 12.5. The van der Waals surface area contributed by atoms with Crippen LogP contribution in [-0.2, 0) is 4.79 Å². The number of anilines is 2. The summed E-state index contributed by atoms with van der Waals surface area (Å²) in [6, 6.07) is 16.7. The molecule has 0 saturated carbocycles. The Bertz CT molecular complexity index is 798. The third-order valence-corrected chi connectivity index (χ3v) is 3.57. The summed E-state index contributed by atoms with van der Waals surface area (Å²) >= 11 is 1.50. The van der Waals surface area contributed by atoms with E-state index in [9.17, 15) is 9.59 Å². The fourth-order valence-corrected chi connectivity index (χ4v) is 2.48. The molecule has 2 aromatic carbocycles. The number of ketones is 1. The monoisotopic (exact) mass is 339 g/mol. The number of nitrogens with two attached hydrogens (primary N) is 1. The number of benzene rings is 2. The summed E-state index contributed by atoms with van der Waals surface area (Å²) in [6.07, 6.45) is 1.73. The lowest BCUT2D eigenvalue weighted by atomic mass is 10.0. The van der Waals surface area contributed by atoms with Gasteiger partial charge in [-0.25, -0.2) is 4.98 Å². The van der Waals surface area contributed by atoms with Crippen molar-refractivity contribution in [2.75, 3.05) is 5.32 Å². The molecule has 0 aliphatic rings. The molecule has 3 N–H and O–H groups in total. The molecule has 0 fully saturated rings. The number of aromatic nitrogens is 1. The lowest BCUT2D eigenvalue weighted by Crippen LogP contribution is -2.05. The van der Waals surface area contributed by atoms with Crippen LogP contribution in [0.25, 0.3) is 0 Å². The number of thiazole rings is 1. The number of amides is 1. The highest BCUT2D eigenvalue weighted by molar-refractivity contribution is 7.13. The first kappa shape index (κ1) is 17.4. The highest BCUT2D eigenvalue weighted by atomic mass is 32.1. The summed E-state index contributed by atoms with van der Waals surface area (Å²) in [4.78, 5) is 25.9. The molecule has 1 heterocycles. The molecule has 1 aromatic heterocycles. The molecule has 5 nitrogen and oxygen atoms in total. The van der Waals surface area contributed by atoms with Crippen LogP contribution in [0.4, 0.5) is 10.8 Å². The number of para-hydroxylation sites is 1. The van der Waals surface area contributed by atoms with Crippen LogP contribution in [0.1, 0.15) is 22.8 Å². The van der Waals surface area contributed by atoms with Crippen molar-refractivity contribution in [3.8, 4) is 0 Å². The van der Waals surface area contributed by atoms with E-state index >= 15 is 0 Å². The molecule has 0 atom stereocenters. The van der Waals surface area contributed by atoms with Crippen LogP contribution in [0.5, 0.6) is 0 Å². The molecule has 0 radical (unpaired) electrons. The SMILES string of the molecule is CC(N)=O.O=C(c1ccccc1)c1ccccc1Nc1nccs1. The van der Waals surface area contributed by atoms with Gasteiger partial charge in [-0.1, -0.05) is 42.5 Å². The summed E-state index contributed by atoms with van der Waals surface area (Å²) in [7, 11) is 0. The first-order chi connectivity index (χ1) is 11.6. The number of carbonyl (C=O) groups is 2. The Kier molecular flexibility index (Phi) is 6.22. The Morgan fingerprint density at radius 2 is 1.67 bits per heavy atom. The molecule has 6 heteroatoms. The summed E-state index contributed by atoms with van der Waals surface area (Å²) in [5, 5.41) is 5.86. The second-order valence-electron chi connectivity index (χ2n) is 4.81. The molecular weight excluding hydrogens is 322 g/mol. The molecular formula is C18H17N3O2S. The molecule has 1 amide bonds. The van der Waals surface area contributed by atoms with Gasteiger partial charge >= 0.3 is 0 Å². The lowest BCUT2D eigenvalue weighted by molar-refractivity contribution is -0.115. The van der Waals surface area contributed by atoms with E-state index in [1.807, 2.05) is 60.0 Å². The van der Waals surface area contributed by atoms with Crippen LogP contribution in [0.3, 0.4) is 0 Å². The zero-order chi connectivity index (χ0) is 17.4. The van der Waals surface area contributed by atoms with E-state index < -0.39 is 0 Å². The van der Waals surface area contributed by atoms with E-state index in [2.05, 4.69) is 16.0 Å². The maximum atomic E-state index is 12.5. The molecule has 24 heavy (non-hydrogen) atoms. The molecule has 3 aromatic rings. The molecule has 0 aliphatic heterocycles. The van der Waals surface area contributed by atoms with Crippen molar-refractivity contribution >= 4 is 33.8 Å². The van der Waals surface area contributed by atoms with Crippen LogP contribution in [0.15, 0.2) is 66.2 Å². The number of nitrogens with zero attached hydrogens (tertiary/aromatic N) is 1. The van der Waals surface area contributed by atoms with Gasteiger partial charge in [-0.3, -0.25) is 9.59 Å². The smallest absolute Gasteiger partial charge is 0.214 e. The second kappa shape index (κ2) is 8.59. The molecule has 0 saturated heterocycles. The van der Waals surface area contributed by atoms with Gasteiger partial charge in [0.1, 0.15) is 0 Å². The zero-order valence-corrected chi connectivity index (χ0v) is 13.9. The standard InChI is InChI=1S/C16H12N2OS.C2H5NO/c19-15(12-6-2-1-3-7-12)13-8-4-5-9-14(13)18-16-17-10-11-20-16;1-2(3)4/h1-11H,(H,17,18);1H3,(H2,3,4). The average Bonchev–Trinajstić information content (AvgIpc) is 3.08. The van der Waals surface area contributed by atoms with Crippen LogP contribution in [0.2, 0.25) is 0 Å². The van der Waals surface area contributed by atoms with E-state index in [1.165, 1.54) is 18.3 Å². The highest BCUT2D eigenvalue weighted by Crippen LogP contribution is 2.24. The Morgan fingerprint density at radius 3 is 2.29 bits per heavy atom. The summed E-state index contributed by atoms with van der Waals surface area (Å²) in [5.41, 5.74) is 6.58. The Morgan fingerprint density at radius 1 is 1.04 bits per heavy atom. The topological polar surface area (TPSA) is 85.1 Å². The quantitative estimate of drug-likeness (QED) is 0.711. The predicted molar refractivity (Wildman–Crippen MR) is 96.6 cm³/mol. The van der Waals surface area contributed by atoms with Gasteiger partial charge < -0.3 is 11.1 Å². The Hall–Kier alpha value is -2.99. The first-order valence-electron chi connectivity index (χ1n) is 7.19. The van der Waals surface area contributed by atoms with Crippen molar-refractivity contribution in [1.29, 1.82) is 0 Å². The van der Waals surface area contributed by atoms with E-state index in [-0.39, 0.29) is 11.7 Å². The van der Waals surface area contributed by atoms with Crippen molar-refractivity contribution < 1.29 is 9.59 Å². The maximum Gasteiger partial charge on any atom is 0.214 e. The average molecular weight is 339 g/mol. The van der Waals surface area contributed by atoms with Crippen LogP contribution < -0.4 is 11.1 Å². The minimum Gasteiger partial charge on any atom is -0.370 e. The number of nitrogens with one attached hydrogen (secondary N) is 1. The number of primary amides is 1. The number of hydrogen-bond acceptors (Lipinski definition) is 5. The normalized spacial score (nSPS) is 9.54. The number of hydrogen-bond donors (Lipinski definition) is 2. The largest absolute Gasteiger partial charge is 0.370 e. The van der Waals surface area contributed by atoms with Gasteiger partial charge in [-0.2, -0.15) is 0 Å². The molecule has 3 rings (SSSR count). The fourth-order valence-electron chi connectivity index (χ4n) is 1.94. The van der Waals surface area contributed by atoms with Gasteiger partial charge in [0.05, 0.1) is 5.69 Å². The highest BCUT2D eigenvalue weighted by Gasteiger charge is 2.13. The van der Waals surface area contributed by atoms with Crippen molar-refractivity contribution in [1.82, 2.24) is 4.98 Å². The van der Waals surface area contributed by atoms with Crippen LogP contribution in [0, 0.1) is 0 Å². The first-order valence-corrected chi connectivity index (χ1v) is 8.07. The molecule has 0 bridgehead atoms. The Balaban J connectivity index is 0.000000471. The van der Waals surface area contributed by atoms with Crippen molar-refractivity contribution in [3.05, 3.63) is 77.3 Å². The van der Waals surface area contributed by atoms with Crippen molar-refractivity contribution in [3.63, 3.8) is 0 Å². The van der Waals surface area contributed by atoms with Crippen molar-refractivity contribution in [2.45, 2.75) is 6.92 Å². The van der Waals surface area contributed by atoms with E-state index in [1.54, 1.807) is 6.20 Å². The lowest BCUT2D eigenvalue weighted by Gasteiger charge is -2.09. The van der Waals surface area contributed by atoms with Gasteiger partial charge in [0.25, 0.3) is 0 Å². The van der Waals surface area contributed by atoms with Gasteiger partial charge in [0.2, 0.25) is 5.91 Å². The zero-order valence-electron chi connectivity index (χ0n) is 13.1. The van der Waals surface area contributed by atoms with E-state index in [4.69, 9.17) is 0 Å².